The quantitative estimate of drug-likeness (QED) is 0.777. The Kier molecular flexibility index (Phi) is 3.83. The first-order valence-electron chi connectivity index (χ1n) is 7.03. The highest BCUT2D eigenvalue weighted by molar-refractivity contribution is 9.09. The summed E-state index contributed by atoms with van der Waals surface area (Å²) in [5, 5.41) is 2.03. The van der Waals surface area contributed by atoms with Crippen molar-refractivity contribution in [2.75, 3.05) is 18.4 Å². The lowest BCUT2D eigenvalue weighted by Gasteiger charge is -2.30. The number of carbonyl (C=O) groups excluding carboxylic acids is 1. The number of carbonyl (C=O) groups is 1. The lowest BCUT2D eigenvalue weighted by molar-refractivity contribution is 0.0669. The molecule has 20 heavy (non-hydrogen) atoms. The summed E-state index contributed by atoms with van der Waals surface area (Å²) < 4.78 is 5.69. The molecule has 1 fully saturated rings. The lowest BCUT2D eigenvalue weighted by Crippen LogP contribution is -2.38. The van der Waals surface area contributed by atoms with Crippen molar-refractivity contribution in [1.82, 2.24) is 4.90 Å². The van der Waals surface area contributed by atoms with E-state index < -0.39 is 0 Å². The van der Waals surface area contributed by atoms with E-state index in [1.54, 1.807) is 0 Å². The fourth-order valence-electron chi connectivity index (χ4n) is 2.71. The van der Waals surface area contributed by atoms with Crippen LogP contribution in [-0.4, -0.2) is 29.2 Å². The smallest absolute Gasteiger partial charge is 0.289 e. The first-order chi connectivity index (χ1) is 9.67. The fraction of sp³-hybridized carbons (Fsp3) is 0.438. The molecule has 0 N–H and O–H groups in total. The van der Waals surface area contributed by atoms with Crippen molar-refractivity contribution in [3.8, 4) is 0 Å². The van der Waals surface area contributed by atoms with Crippen LogP contribution in [0.1, 0.15) is 29.0 Å². The molecule has 1 aliphatic rings. The molecule has 3 rings (SSSR count). The Morgan fingerprint density at radius 1 is 1.35 bits per heavy atom. The third kappa shape index (κ3) is 2.62. The molecule has 2 aromatic rings. The van der Waals surface area contributed by atoms with Crippen molar-refractivity contribution in [2.45, 2.75) is 19.8 Å². The molecule has 3 nitrogen and oxygen atoms in total. The molecule has 0 saturated carbocycles. The standard InChI is InChI=1S/C16H18BrNO2/c1-11-2-3-14-13(8-11)9-15(20-14)16(19)18-6-4-12(10-17)5-7-18/h2-3,8-9,12H,4-7,10H2,1H3. The van der Waals surface area contributed by atoms with Gasteiger partial charge in [0.2, 0.25) is 0 Å². The second kappa shape index (κ2) is 5.60. The summed E-state index contributed by atoms with van der Waals surface area (Å²) in [6.45, 7) is 3.69. The largest absolute Gasteiger partial charge is 0.451 e. The molecule has 4 heteroatoms. The number of alkyl halides is 1. The maximum atomic E-state index is 12.5. The van der Waals surface area contributed by atoms with Crippen LogP contribution in [0.3, 0.4) is 0 Å². The predicted octanol–water partition coefficient (Wildman–Crippen LogP) is 3.99. The third-order valence-corrected chi connectivity index (χ3v) is 4.92. The maximum Gasteiger partial charge on any atom is 0.289 e. The predicted molar refractivity (Wildman–Crippen MR) is 83.4 cm³/mol. The minimum absolute atomic E-state index is 0.0203. The first kappa shape index (κ1) is 13.7. The average Bonchev–Trinajstić information content (AvgIpc) is 2.89. The van der Waals surface area contributed by atoms with Gasteiger partial charge in [0.15, 0.2) is 5.76 Å². The topological polar surface area (TPSA) is 33.5 Å². The Morgan fingerprint density at radius 3 is 2.80 bits per heavy atom. The molecule has 1 saturated heterocycles. The van der Waals surface area contributed by atoms with Crippen LogP contribution in [-0.2, 0) is 0 Å². The van der Waals surface area contributed by atoms with Gasteiger partial charge in [0.1, 0.15) is 5.58 Å². The summed E-state index contributed by atoms with van der Waals surface area (Å²) in [7, 11) is 0. The van der Waals surface area contributed by atoms with Crippen LogP contribution in [0.2, 0.25) is 0 Å². The van der Waals surface area contributed by atoms with Crippen LogP contribution in [0.25, 0.3) is 11.0 Å². The van der Waals surface area contributed by atoms with Crippen LogP contribution in [0.15, 0.2) is 28.7 Å². The molecule has 0 bridgehead atoms. The normalized spacial score (nSPS) is 16.8. The van der Waals surface area contributed by atoms with E-state index in [0.29, 0.717) is 11.7 Å². The molecule has 106 valence electrons. The molecule has 0 spiro atoms. The van der Waals surface area contributed by atoms with E-state index in [1.165, 1.54) is 5.56 Å². The van der Waals surface area contributed by atoms with Crippen molar-refractivity contribution in [3.63, 3.8) is 0 Å². The van der Waals surface area contributed by atoms with Gasteiger partial charge in [0.05, 0.1) is 0 Å². The van der Waals surface area contributed by atoms with E-state index in [4.69, 9.17) is 4.42 Å². The van der Waals surface area contributed by atoms with Gasteiger partial charge >= 0.3 is 0 Å². The zero-order valence-electron chi connectivity index (χ0n) is 11.6. The average molecular weight is 336 g/mol. The van der Waals surface area contributed by atoms with E-state index in [2.05, 4.69) is 15.9 Å². The molecule has 1 amide bonds. The highest BCUT2D eigenvalue weighted by atomic mass is 79.9. The second-order valence-corrected chi connectivity index (χ2v) is 6.19. The second-order valence-electron chi connectivity index (χ2n) is 5.54. The number of amides is 1. The molecule has 0 radical (unpaired) electrons. The Bertz CT molecular complexity index is 626. The number of piperidine rings is 1. The van der Waals surface area contributed by atoms with Crippen LogP contribution >= 0.6 is 15.9 Å². The van der Waals surface area contributed by atoms with Gasteiger partial charge < -0.3 is 9.32 Å². The van der Waals surface area contributed by atoms with Crippen LogP contribution in [0.4, 0.5) is 0 Å². The van der Waals surface area contributed by atoms with E-state index in [-0.39, 0.29) is 5.91 Å². The number of furan rings is 1. The summed E-state index contributed by atoms with van der Waals surface area (Å²) in [6.07, 6.45) is 2.13. The number of aryl methyl sites for hydroxylation is 1. The number of nitrogens with zero attached hydrogens (tertiary/aromatic N) is 1. The van der Waals surface area contributed by atoms with E-state index in [0.717, 1.165) is 42.2 Å². The van der Waals surface area contributed by atoms with Crippen molar-refractivity contribution < 1.29 is 9.21 Å². The lowest BCUT2D eigenvalue weighted by atomic mass is 9.99. The van der Waals surface area contributed by atoms with Gasteiger partial charge in [-0.05, 0) is 43.9 Å². The molecule has 1 aliphatic heterocycles. The van der Waals surface area contributed by atoms with Gasteiger partial charge in [-0.15, -0.1) is 0 Å². The van der Waals surface area contributed by atoms with Gasteiger partial charge in [0, 0.05) is 23.8 Å². The number of benzene rings is 1. The molecule has 1 aromatic heterocycles. The molecule has 2 heterocycles. The Hall–Kier alpha value is -1.29. The molecule has 1 aromatic carbocycles. The Labute approximate surface area is 127 Å². The first-order valence-corrected chi connectivity index (χ1v) is 8.15. The number of rotatable bonds is 2. The SMILES string of the molecule is Cc1ccc2oc(C(=O)N3CCC(CBr)CC3)cc2c1. The van der Waals surface area contributed by atoms with Gasteiger partial charge in [0.25, 0.3) is 5.91 Å². The van der Waals surface area contributed by atoms with Crippen molar-refractivity contribution >= 4 is 32.8 Å². The third-order valence-electron chi connectivity index (χ3n) is 4.00. The maximum absolute atomic E-state index is 12.5. The highest BCUT2D eigenvalue weighted by Gasteiger charge is 2.25. The molecule has 0 aliphatic carbocycles. The Morgan fingerprint density at radius 2 is 2.10 bits per heavy atom. The zero-order chi connectivity index (χ0) is 14.1. The summed E-state index contributed by atoms with van der Waals surface area (Å²) in [6, 6.07) is 7.84. The Balaban J connectivity index is 1.79. The van der Waals surface area contributed by atoms with Crippen LogP contribution < -0.4 is 0 Å². The van der Waals surface area contributed by atoms with Gasteiger partial charge in [-0.25, -0.2) is 0 Å². The van der Waals surface area contributed by atoms with Gasteiger partial charge in [-0.3, -0.25) is 4.79 Å². The summed E-state index contributed by atoms with van der Waals surface area (Å²) in [5.74, 6) is 1.17. The summed E-state index contributed by atoms with van der Waals surface area (Å²) in [4.78, 5) is 14.4. The minimum Gasteiger partial charge on any atom is -0.451 e. The monoisotopic (exact) mass is 335 g/mol. The molecule has 0 unspecified atom stereocenters. The van der Waals surface area contributed by atoms with E-state index >= 15 is 0 Å². The molecular weight excluding hydrogens is 318 g/mol. The number of likely N-dealkylation sites (tertiary alicyclic amines) is 1. The van der Waals surface area contributed by atoms with Crippen LogP contribution in [0, 0.1) is 12.8 Å². The van der Waals surface area contributed by atoms with Crippen molar-refractivity contribution in [3.05, 3.63) is 35.6 Å². The number of fused-ring (bicyclic) bond motifs is 1. The molecule has 0 atom stereocenters. The number of hydrogen-bond donors (Lipinski definition) is 0. The van der Waals surface area contributed by atoms with Gasteiger partial charge in [-0.1, -0.05) is 27.6 Å². The van der Waals surface area contributed by atoms with Gasteiger partial charge in [-0.2, -0.15) is 0 Å². The highest BCUT2D eigenvalue weighted by Crippen LogP contribution is 2.24. The summed E-state index contributed by atoms with van der Waals surface area (Å²) in [5.41, 5.74) is 1.96. The van der Waals surface area contributed by atoms with Crippen LogP contribution in [0.5, 0.6) is 0 Å². The summed E-state index contributed by atoms with van der Waals surface area (Å²) >= 11 is 3.52. The van der Waals surface area contributed by atoms with Crippen molar-refractivity contribution in [1.29, 1.82) is 0 Å². The minimum atomic E-state index is 0.0203. The zero-order valence-corrected chi connectivity index (χ0v) is 13.1. The number of hydrogen-bond acceptors (Lipinski definition) is 2. The molecular formula is C16H18BrNO2. The number of halogens is 1. The van der Waals surface area contributed by atoms with E-state index in [9.17, 15) is 4.79 Å². The fourth-order valence-corrected chi connectivity index (χ4v) is 3.36. The van der Waals surface area contributed by atoms with E-state index in [1.807, 2.05) is 36.1 Å². The van der Waals surface area contributed by atoms with Crippen molar-refractivity contribution in [2.24, 2.45) is 5.92 Å².